The van der Waals surface area contributed by atoms with Crippen molar-refractivity contribution in [2.75, 3.05) is 13.2 Å². The molecule has 0 aliphatic carbocycles. The van der Waals surface area contributed by atoms with Crippen molar-refractivity contribution in [1.82, 2.24) is 9.97 Å². The van der Waals surface area contributed by atoms with Gasteiger partial charge < -0.3 is 9.47 Å². The Balaban J connectivity index is 1.81. The van der Waals surface area contributed by atoms with Crippen LogP contribution in [0.3, 0.4) is 0 Å². The summed E-state index contributed by atoms with van der Waals surface area (Å²) in [7, 11) is 0. The number of carbonyl (C=O) groups excluding carboxylic acids is 2. The van der Waals surface area contributed by atoms with E-state index in [0.29, 0.717) is 80.6 Å². The fraction of sp³-hybridized carbons (Fsp3) is 0.143. The van der Waals surface area contributed by atoms with E-state index in [0.717, 1.165) is 0 Å². The lowest BCUT2D eigenvalue weighted by Gasteiger charge is -2.15. The average Bonchev–Trinajstić information content (AvgIpc) is 2.89. The Labute approximate surface area is 218 Å². The summed E-state index contributed by atoms with van der Waals surface area (Å²) >= 11 is 13.7. The average molecular weight is 521 g/mol. The molecule has 0 radical (unpaired) electrons. The second-order valence-corrected chi connectivity index (χ2v) is 8.37. The molecule has 6 nitrogen and oxygen atoms in total. The molecule has 2 aromatic heterocycles. The van der Waals surface area contributed by atoms with Gasteiger partial charge in [0.15, 0.2) is 12.6 Å². The van der Waals surface area contributed by atoms with Crippen LogP contribution in [-0.2, 0) is 0 Å². The van der Waals surface area contributed by atoms with Crippen molar-refractivity contribution in [3.8, 4) is 45.4 Å². The zero-order valence-corrected chi connectivity index (χ0v) is 21.1. The summed E-state index contributed by atoms with van der Waals surface area (Å²) in [5.74, 6) is 0.503. The summed E-state index contributed by atoms with van der Waals surface area (Å²) < 4.78 is 11.1. The fourth-order valence-corrected chi connectivity index (χ4v) is 4.41. The Bertz CT molecular complexity index is 1330. The van der Waals surface area contributed by atoms with Gasteiger partial charge in [-0.1, -0.05) is 59.6 Å². The number of aldehydes is 2. The third-order valence-corrected chi connectivity index (χ3v) is 6.25. The molecule has 0 unspecified atom stereocenters. The van der Waals surface area contributed by atoms with Gasteiger partial charge in [0.2, 0.25) is 11.8 Å². The molecule has 4 rings (SSSR count). The first-order valence-electron chi connectivity index (χ1n) is 11.3. The second kappa shape index (κ2) is 11.3. The van der Waals surface area contributed by atoms with Crippen molar-refractivity contribution in [3.63, 3.8) is 0 Å². The summed E-state index contributed by atoms with van der Waals surface area (Å²) in [6.07, 6.45) is 1.41. The molecule has 0 atom stereocenters. The molecule has 182 valence electrons. The topological polar surface area (TPSA) is 78.4 Å². The molecule has 0 amide bonds. The zero-order valence-electron chi connectivity index (χ0n) is 19.6. The standard InChI is InChI=1S/C28H22Cl2N2O4/c1-3-35-27-17(15-33)11-13-23(31-27)21-9-5-7-19(25(21)29)20-8-6-10-22(26(20)30)24-14-12-18(16-34)28(32-24)36-4-2/h5-16H,3-4H2,1-2H3. The van der Waals surface area contributed by atoms with E-state index >= 15 is 0 Å². The Kier molecular flexibility index (Phi) is 7.98. The van der Waals surface area contributed by atoms with E-state index in [1.165, 1.54) is 0 Å². The van der Waals surface area contributed by atoms with Crippen LogP contribution in [0.25, 0.3) is 33.6 Å². The number of aromatic nitrogens is 2. The lowest BCUT2D eigenvalue weighted by Crippen LogP contribution is -2.00. The molecule has 2 heterocycles. The maximum Gasteiger partial charge on any atom is 0.224 e. The molecule has 0 spiro atoms. The van der Waals surface area contributed by atoms with Gasteiger partial charge in [0.1, 0.15) is 0 Å². The maximum absolute atomic E-state index is 11.3. The van der Waals surface area contributed by atoms with E-state index in [1.54, 1.807) is 24.3 Å². The van der Waals surface area contributed by atoms with Crippen LogP contribution in [0.2, 0.25) is 10.0 Å². The minimum atomic E-state index is 0.251. The second-order valence-electron chi connectivity index (χ2n) is 7.62. The summed E-state index contributed by atoms with van der Waals surface area (Å²) in [6.45, 7) is 4.40. The molecule has 0 aliphatic rings. The normalized spacial score (nSPS) is 10.7. The molecule has 8 heteroatoms. The molecule has 0 aliphatic heterocycles. The fourth-order valence-electron chi connectivity index (χ4n) is 3.76. The van der Waals surface area contributed by atoms with Gasteiger partial charge >= 0.3 is 0 Å². The number of hydrogen-bond acceptors (Lipinski definition) is 6. The quantitative estimate of drug-likeness (QED) is 0.217. The molecular formula is C28H22Cl2N2O4. The van der Waals surface area contributed by atoms with Gasteiger partial charge in [0, 0.05) is 22.3 Å². The third-order valence-electron chi connectivity index (χ3n) is 5.43. The minimum Gasteiger partial charge on any atom is -0.477 e. The number of halogens is 2. The van der Waals surface area contributed by atoms with Gasteiger partial charge in [-0.05, 0) is 38.1 Å². The SMILES string of the molecule is CCOc1nc(-c2cccc(-c3cccc(-c4ccc(C=O)c(OCC)n4)c3Cl)c2Cl)ccc1C=O. The number of benzene rings is 2. The molecule has 4 aromatic rings. The van der Waals surface area contributed by atoms with Crippen LogP contribution in [0.1, 0.15) is 34.6 Å². The van der Waals surface area contributed by atoms with Crippen molar-refractivity contribution >= 4 is 35.8 Å². The lowest BCUT2D eigenvalue weighted by molar-refractivity contribution is 0.111. The van der Waals surface area contributed by atoms with E-state index in [-0.39, 0.29) is 11.8 Å². The van der Waals surface area contributed by atoms with Gasteiger partial charge in [-0.25, -0.2) is 9.97 Å². The monoisotopic (exact) mass is 520 g/mol. The molecule has 0 fully saturated rings. The first-order chi connectivity index (χ1) is 17.5. The number of rotatable bonds is 9. The Morgan fingerprint density at radius 3 is 1.39 bits per heavy atom. The largest absolute Gasteiger partial charge is 0.477 e. The van der Waals surface area contributed by atoms with E-state index in [1.807, 2.05) is 50.2 Å². The highest BCUT2D eigenvalue weighted by molar-refractivity contribution is 6.39. The van der Waals surface area contributed by atoms with E-state index in [9.17, 15) is 9.59 Å². The predicted molar refractivity (Wildman–Crippen MR) is 141 cm³/mol. The van der Waals surface area contributed by atoms with Gasteiger partial charge in [-0.3, -0.25) is 9.59 Å². The number of hydrogen-bond donors (Lipinski definition) is 0. The molecule has 0 saturated heterocycles. The summed E-state index contributed by atoms with van der Waals surface area (Å²) in [6, 6.07) is 17.9. The third kappa shape index (κ3) is 4.96. The van der Waals surface area contributed by atoms with Crippen molar-refractivity contribution in [3.05, 3.63) is 81.8 Å². The van der Waals surface area contributed by atoms with Gasteiger partial charge in [0.05, 0.1) is 45.8 Å². The molecule has 0 N–H and O–H groups in total. The maximum atomic E-state index is 11.3. The summed E-state index contributed by atoms with van der Waals surface area (Å²) in [4.78, 5) is 31.7. The first-order valence-corrected chi connectivity index (χ1v) is 12.0. The van der Waals surface area contributed by atoms with E-state index in [2.05, 4.69) is 9.97 Å². The van der Waals surface area contributed by atoms with Crippen molar-refractivity contribution in [2.24, 2.45) is 0 Å². The highest BCUT2D eigenvalue weighted by Gasteiger charge is 2.18. The highest BCUT2D eigenvalue weighted by Crippen LogP contribution is 2.42. The van der Waals surface area contributed by atoms with Gasteiger partial charge in [0.25, 0.3) is 0 Å². The summed E-state index contributed by atoms with van der Waals surface area (Å²) in [5.41, 5.74) is 4.60. The highest BCUT2D eigenvalue weighted by atomic mass is 35.5. The van der Waals surface area contributed by atoms with Gasteiger partial charge in [-0.2, -0.15) is 0 Å². The number of pyridine rings is 2. The zero-order chi connectivity index (χ0) is 25.7. The van der Waals surface area contributed by atoms with Crippen LogP contribution in [-0.4, -0.2) is 35.8 Å². The van der Waals surface area contributed by atoms with Crippen LogP contribution in [0, 0.1) is 0 Å². The van der Waals surface area contributed by atoms with Crippen LogP contribution < -0.4 is 9.47 Å². The smallest absolute Gasteiger partial charge is 0.224 e. The van der Waals surface area contributed by atoms with Crippen molar-refractivity contribution in [1.29, 1.82) is 0 Å². The Morgan fingerprint density at radius 1 is 0.639 bits per heavy atom. The molecule has 2 aromatic carbocycles. The van der Waals surface area contributed by atoms with Crippen molar-refractivity contribution < 1.29 is 19.1 Å². The number of carbonyl (C=O) groups is 2. The number of ether oxygens (including phenoxy) is 2. The minimum absolute atomic E-state index is 0.251. The molecular weight excluding hydrogens is 499 g/mol. The van der Waals surface area contributed by atoms with E-state index in [4.69, 9.17) is 32.7 Å². The predicted octanol–water partition coefficient (Wildman–Crippen LogP) is 7.21. The van der Waals surface area contributed by atoms with E-state index < -0.39 is 0 Å². The van der Waals surface area contributed by atoms with Crippen LogP contribution >= 0.6 is 23.2 Å². The number of nitrogens with zero attached hydrogens (tertiary/aromatic N) is 2. The van der Waals surface area contributed by atoms with Crippen molar-refractivity contribution in [2.45, 2.75) is 13.8 Å². The summed E-state index contributed by atoms with van der Waals surface area (Å²) in [5, 5.41) is 0.897. The molecule has 0 saturated carbocycles. The lowest BCUT2D eigenvalue weighted by atomic mass is 9.98. The first kappa shape index (κ1) is 25.4. The Morgan fingerprint density at radius 2 is 1.03 bits per heavy atom. The van der Waals surface area contributed by atoms with Crippen LogP contribution in [0.15, 0.2) is 60.7 Å². The Hall–Kier alpha value is -3.74. The van der Waals surface area contributed by atoms with Crippen LogP contribution in [0.5, 0.6) is 11.8 Å². The molecule has 0 bridgehead atoms. The molecule has 36 heavy (non-hydrogen) atoms. The van der Waals surface area contributed by atoms with Gasteiger partial charge in [-0.15, -0.1) is 0 Å². The van der Waals surface area contributed by atoms with Crippen LogP contribution in [0.4, 0.5) is 0 Å².